The molecule has 0 unspecified atom stereocenters. The summed E-state index contributed by atoms with van der Waals surface area (Å²) in [5.41, 5.74) is 1.73. The quantitative estimate of drug-likeness (QED) is 0.417. The van der Waals surface area contributed by atoms with E-state index in [2.05, 4.69) is 4.99 Å². The maximum atomic E-state index is 11.0. The first-order valence-corrected chi connectivity index (χ1v) is 3.76. The fourth-order valence-corrected chi connectivity index (χ4v) is 1.14. The zero-order valence-corrected chi connectivity index (χ0v) is 6.47. The molecule has 3 nitrogen and oxygen atoms in total. The monoisotopic (exact) mass is 160 g/mol. The second-order valence-corrected chi connectivity index (χ2v) is 2.60. The lowest BCUT2D eigenvalue weighted by atomic mass is 10.2. The van der Waals surface area contributed by atoms with Crippen LogP contribution in [0.15, 0.2) is 29.3 Å². The van der Waals surface area contributed by atoms with Gasteiger partial charge in [0.2, 0.25) is 0 Å². The molecule has 1 aliphatic rings. The van der Waals surface area contributed by atoms with Crippen molar-refractivity contribution in [3.63, 3.8) is 0 Å². The summed E-state index contributed by atoms with van der Waals surface area (Å²) >= 11 is 0. The maximum Gasteiger partial charge on any atom is 0.188 e. The van der Waals surface area contributed by atoms with Gasteiger partial charge < -0.3 is 5.21 Å². The molecule has 0 radical (unpaired) electrons. The summed E-state index contributed by atoms with van der Waals surface area (Å²) in [6.45, 7) is 0.328. The van der Waals surface area contributed by atoms with E-state index in [1.807, 2.05) is 24.3 Å². The third-order valence-corrected chi connectivity index (χ3v) is 1.71. The Morgan fingerprint density at radius 1 is 1.33 bits per heavy atom. The molecule has 0 amide bonds. The molecule has 1 aliphatic heterocycles. The van der Waals surface area contributed by atoms with Crippen LogP contribution in [0.3, 0.4) is 0 Å². The molecule has 3 heteroatoms. The van der Waals surface area contributed by atoms with Crippen LogP contribution in [0.1, 0.15) is 5.56 Å². The molecule has 2 rings (SSSR count). The van der Waals surface area contributed by atoms with Gasteiger partial charge in [-0.2, -0.15) is 0 Å². The van der Waals surface area contributed by atoms with Gasteiger partial charge in [0.1, 0.15) is 0 Å². The normalized spacial score (nSPS) is 14.8. The van der Waals surface area contributed by atoms with E-state index in [-0.39, 0.29) is 0 Å². The third kappa shape index (κ3) is 1.21. The molecule has 0 aromatic heterocycles. The van der Waals surface area contributed by atoms with Gasteiger partial charge in [0.25, 0.3) is 0 Å². The molecule has 1 aromatic rings. The van der Waals surface area contributed by atoms with Crippen molar-refractivity contribution in [2.45, 2.75) is 0 Å². The summed E-state index contributed by atoms with van der Waals surface area (Å²) in [5.74, 6) is 0. The van der Waals surface area contributed by atoms with Crippen molar-refractivity contribution >= 4 is 18.1 Å². The number of hydrogen-bond acceptors (Lipinski definition) is 2. The molecule has 0 aliphatic carbocycles. The molecule has 12 heavy (non-hydrogen) atoms. The van der Waals surface area contributed by atoms with E-state index in [1.165, 1.54) is 0 Å². The van der Waals surface area contributed by atoms with Crippen molar-refractivity contribution in [2.24, 2.45) is 4.99 Å². The van der Waals surface area contributed by atoms with Crippen LogP contribution in [0.4, 0.5) is 5.69 Å². The van der Waals surface area contributed by atoms with Gasteiger partial charge in [0, 0.05) is 0 Å². The first-order chi connectivity index (χ1) is 5.86. The Balaban J connectivity index is 2.58. The average Bonchev–Trinajstić information content (AvgIpc) is 2.25. The fourth-order valence-electron chi connectivity index (χ4n) is 1.14. The molecule has 0 saturated carbocycles. The van der Waals surface area contributed by atoms with Crippen LogP contribution in [0.25, 0.3) is 0 Å². The predicted molar refractivity (Wildman–Crippen MR) is 48.3 cm³/mol. The lowest BCUT2D eigenvalue weighted by Crippen LogP contribution is -2.06. The number of rotatable bonds is 0. The molecule has 60 valence electrons. The lowest BCUT2D eigenvalue weighted by molar-refractivity contribution is -0.433. The van der Waals surface area contributed by atoms with Crippen molar-refractivity contribution in [3.8, 4) is 0 Å². The van der Waals surface area contributed by atoms with Gasteiger partial charge in [-0.15, -0.1) is 0 Å². The average molecular weight is 160 g/mol. The van der Waals surface area contributed by atoms with Crippen LogP contribution >= 0.6 is 0 Å². The molecule has 0 atom stereocenters. The summed E-state index contributed by atoms with van der Waals surface area (Å²) in [6.07, 6.45) is 3.18. The van der Waals surface area contributed by atoms with Crippen LogP contribution in [-0.4, -0.2) is 23.7 Å². The van der Waals surface area contributed by atoms with Crippen LogP contribution in [0, 0.1) is 5.21 Å². The summed E-state index contributed by atoms with van der Waals surface area (Å²) in [7, 11) is 0. The molecule has 0 bridgehead atoms. The van der Waals surface area contributed by atoms with E-state index in [9.17, 15) is 5.21 Å². The Morgan fingerprint density at radius 2 is 2.17 bits per heavy atom. The van der Waals surface area contributed by atoms with Gasteiger partial charge in [0.15, 0.2) is 12.8 Å². The minimum absolute atomic E-state index is 0.328. The minimum atomic E-state index is 0.328. The van der Waals surface area contributed by atoms with Crippen molar-refractivity contribution in [2.75, 3.05) is 6.54 Å². The number of benzene rings is 1. The predicted octanol–water partition coefficient (Wildman–Crippen LogP) is 1.33. The number of aliphatic imine (C=N–C) groups is 1. The molecule has 0 spiro atoms. The second-order valence-electron chi connectivity index (χ2n) is 2.60. The third-order valence-electron chi connectivity index (χ3n) is 1.71. The topological polar surface area (TPSA) is 38.4 Å². The highest BCUT2D eigenvalue weighted by atomic mass is 16.5. The zero-order valence-electron chi connectivity index (χ0n) is 6.47. The van der Waals surface area contributed by atoms with Crippen LogP contribution < -0.4 is 0 Å². The fraction of sp³-hybridized carbons (Fsp3) is 0.111. The molecule has 1 heterocycles. The molecule has 0 saturated heterocycles. The summed E-state index contributed by atoms with van der Waals surface area (Å²) in [6, 6.07) is 7.57. The van der Waals surface area contributed by atoms with Gasteiger partial charge in [-0.05, 0) is 12.1 Å². The maximum absolute atomic E-state index is 11.0. The van der Waals surface area contributed by atoms with Crippen LogP contribution in [0.5, 0.6) is 0 Å². The molecular formula is C9H8N2O. The highest BCUT2D eigenvalue weighted by molar-refractivity contribution is 5.86. The molecular weight excluding hydrogens is 152 g/mol. The first kappa shape index (κ1) is 7.03. The minimum Gasteiger partial charge on any atom is -0.624 e. The van der Waals surface area contributed by atoms with Crippen LogP contribution in [-0.2, 0) is 0 Å². The summed E-state index contributed by atoms with van der Waals surface area (Å²) in [5, 5.41) is 11.0. The molecule has 1 aromatic carbocycles. The second kappa shape index (κ2) is 2.77. The van der Waals surface area contributed by atoms with Gasteiger partial charge in [-0.1, -0.05) is 12.1 Å². The Bertz CT molecular complexity index is 355. The van der Waals surface area contributed by atoms with Crippen molar-refractivity contribution < 1.29 is 4.74 Å². The highest BCUT2D eigenvalue weighted by Gasteiger charge is 2.03. The standard InChI is InChI=1S/C9H8N2O/c12-11-6-5-10-9-4-2-1-3-8(9)7-11/h1-5,7H,6H2. The SMILES string of the molecule is [O-][N+]1=Cc2ccccc2N=CC1. The number of hydrogen-bond donors (Lipinski definition) is 0. The van der Waals surface area contributed by atoms with Crippen molar-refractivity contribution in [3.05, 3.63) is 35.0 Å². The van der Waals surface area contributed by atoms with E-state index in [4.69, 9.17) is 0 Å². The molecule has 0 N–H and O–H groups in total. The Morgan fingerprint density at radius 3 is 3.08 bits per heavy atom. The van der Waals surface area contributed by atoms with E-state index in [1.54, 1.807) is 12.4 Å². The first-order valence-electron chi connectivity index (χ1n) is 3.76. The number of nitrogens with zero attached hydrogens (tertiary/aromatic N) is 2. The van der Waals surface area contributed by atoms with Gasteiger partial charge >= 0.3 is 0 Å². The van der Waals surface area contributed by atoms with E-state index in [0.29, 0.717) is 6.54 Å². The Labute approximate surface area is 70.3 Å². The van der Waals surface area contributed by atoms with E-state index >= 15 is 0 Å². The summed E-state index contributed by atoms with van der Waals surface area (Å²) < 4.78 is 0.870. The van der Waals surface area contributed by atoms with Gasteiger partial charge in [0.05, 0.1) is 17.5 Å². The van der Waals surface area contributed by atoms with E-state index < -0.39 is 0 Å². The highest BCUT2D eigenvalue weighted by Crippen LogP contribution is 2.16. The summed E-state index contributed by atoms with van der Waals surface area (Å²) in [4.78, 5) is 4.14. The van der Waals surface area contributed by atoms with Crippen molar-refractivity contribution in [1.29, 1.82) is 0 Å². The lowest BCUT2D eigenvalue weighted by Gasteiger charge is -1.97. The van der Waals surface area contributed by atoms with Crippen molar-refractivity contribution in [1.82, 2.24) is 0 Å². The largest absolute Gasteiger partial charge is 0.624 e. The number of hydroxylamine groups is 1. The number of fused-ring (bicyclic) bond motifs is 1. The Kier molecular flexibility index (Phi) is 1.63. The van der Waals surface area contributed by atoms with Crippen LogP contribution in [0.2, 0.25) is 0 Å². The number of para-hydroxylation sites is 1. The van der Waals surface area contributed by atoms with Gasteiger partial charge in [-0.3, -0.25) is 4.99 Å². The van der Waals surface area contributed by atoms with Gasteiger partial charge in [-0.25, -0.2) is 4.74 Å². The molecule has 0 fully saturated rings. The Hall–Kier alpha value is -1.64. The van der Waals surface area contributed by atoms with E-state index in [0.717, 1.165) is 16.0 Å². The zero-order chi connectivity index (χ0) is 8.39. The smallest absolute Gasteiger partial charge is 0.188 e.